The summed E-state index contributed by atoms with van der Waals surface area (Å²) in [7, 11) is -4.47. The molecule has 1 aromatic carbocycles. The van der Waals surface area contributed by atoms with Gasteiger partial charge in [-0.3, -0.25) is 4.55 Å². The fraction of sp³-hybridized carbons (Fsp3) is 0.111. The van der Waals surface area contributed by atoms with Gasteiger partial charge in [0.05, 0.1) is 0 Å². The lowest BCUT2D eigenvalue weighted by Crippen LogP contribution is -2.05. The summed E-state index contributed by atoms with van der Waals surface area (Å²) in [4.78, 5) is 2.85. The van der Waals surface area contributed by atoms with Crippen LogP contribution in [0.2, 0.25) is 0 Å². The van der Waals surface area contributed by atoms with E-state index in [-0.39, 0.29) is 5.75 Å². The predicted molar refractivity (Wildman–Crippen MR) is 55.2 cm³/mol. The predicted octanol–water partition coefficient (Wildman–Crippen LogP) is 1.66. The van der Waals surface area contributed by atoms with E-state index >= 15 is 0 Å². The van der Waals surface area contributed by atoms with Gasteiger partial charge in [0.1, 0.15) is 0 Å². The maximum atomic E-state index is 10.5. The normalized spacial score (nSPS) is 11.9. The number of aryl methyl sites for hydroxylation is 1. The van der Waals surface area contributed by atoms with Crippen molar-refractivity contribution in [3.05, 3.63) is 30.0 Å². The molecule has 80 valence electrons. The van der Waals surface area contributed by atoms with Crippen molar-refractivity contribution in [1.29, 1.82) is 0 Å². The van der Waals surface area contributed by atoms with Crippen LogP contribution in [-0.2, 0) is 10.4 Å². The second kappa shape index (κ2) is 3.25. The van der Waals surface area contributed by atoms with E-state index in [9.17, 15) is 8.42 Å². The fourth-order valence-corrected chi connectivity index (χ4v) is 1.76. The third-order valence-electron chi connectivity index (χ3n) is 1.99. The van der Waals surface area contributed by atoms with Gasteiger partial charge in [-0.05, 0) is 24.6 Å². The second-order valence-electron chi connectivity index (χ2n) is 3.21. The molecule has 0 saturated carbocycles. The molecule has 2 rings (SSSR count). The number of H-pyrrole nitrogens is 1. The molecule has 0 bridgehead atoms. The van der Waals surface area contributed by atoms with Crippen LogP contribution in [0.25, 0.3) is 10.9 Å². The molecule has 0 radical (unpaired) electrons. The minimum atomic E-state index is -4.47. The summed E-state index contributed by atoms with van der Waals surface area (Å²) in [5.74, 6) is 0.0903. The van der Waals surface area contributed by atoms with E-state index in [4.69, 9.17) is 4.55 Å². The van der Waals surface area contributed by atoms with Crippen molar-refractivity contribution in [2.75, 3.05) is 0 Å². The van der Waals surface area contributed by atoms with Gasteiger partial charge in [0.2, 0.25) is 0 Å². The highest BCUT2D eigenvalue weighted by Crippen LogP contribution is 2.26. The number of fused-ring (bicyclic) bond motifs is 1. The Balaban J connectivity index is 2.55. The summed E-state index contributed by atoms with van der Waals surface area (Å²) in [5.41, 5.74) is 1.80. The minimum absolute atomic E-state index is 0.0903. The molecule has 6 heteroatoms. The Morgan fingerprint density at radius 3 is 2.80 bits per heavy atom. The molecule has 0 aliphatic heterocycles. The molecule has 0 spiro atoms. The van der Waals surface area contributed by atoms with Gasteiger partial charge in [-0.2, -0.15) is 8.42 Å². The zero-order valence-corrected chi connectivity index (χ0v) is 8.71. The first kappa shape index (κ1) is 10.0. The molecule has 2 aromatic rings. The zero-order chi connectivity index (χ0) is 11.1. The van der Waals surface area contributed by atoms with Gasteiger partial charge in [-0.25, -0.2) is 0 Å². The average molecular weight is 227 g/mol. The number of aromatic amines is 1. The lowest BCUT2D eigenvalue weighted by atomic mass is 10.2. The molecule has 1 aromatic heterocycles. The van der Waals surface area contributed by atoms with Crippen molar-refractivity contribution in [2.24, 2.45) is 0 Å². The third-order valence-corrected chi connectivity index (χ3v) is 2.38. The summed E-state index contributed by atoms with van der Waals surface area (Å²) in [6.07, 6.45) is 1.39. The Bertz CT molecular complexity index is 600. The van der Waals surface area contributed by atoms with E-state index in [0.29, 0.717) is 5.39 Å². The first-order valence-corrected chi connectivity index (χ1v) is 5.57. The van der Waals surface area contributed by atoms with Crippen LogP contribution in [-0.4, -0.2) is 18.0 Å². The van der Waals surface area contributed by atoms with Crippen LogP contribution < -0.4 is 4.18 Å². The molecule has 0 aliphatic rings. The van der Waals surface area contributed by atoms with Gasteiger partial charge in [0.25, 0.3) is 0 Å². The first-order valence-electron chi connectivity index (χ1n) is 4.20. The van der Waals surface area contributed by atoms with Crippen molar-refractivity contribution < 1.29 is 17.2 Å². The van der Waals surface area contributed by atoms with Gasteiger partial charge in [-0.1, -0.05) is 6.07 Å². The van der Waals surface area contributed by atoms with Crippen molar-refractivity contribution >= 4 is 21.3 Å². The van der Waals surface area contributed by atoms with Crippen molar-refractivity contribution in [2.45, 2.75) is 6.92 Å². The van der Waals surface area contributed by atoms with Crippen LogP contribution >= 0.6 is 0 Å². The monoisotopic (exact) mass is 227 g/mol. The molecule has 0 amide bonds. The summed E-state index contributed by atoms with van der Waals surface area (Å²) in [6.45, 7) is 1.92. The van der Waals surface area contributed by atoms with E-state index in [1.54, 1.807) is 6.07 Å². The average Bonchev–Trinajstić information content (AvgIpc) is 2.45. The lowest BCUT2D eigenvalue weighted by molar-refractivity contribution is 0.388. The highest BCUT2D eigenvalue weighted by atomic mass is 32.3. The molecule has 5 nitrogen and oxygen atoms in total. The van der Waals surface area contributed by atoms with Crippen LogP contribution in [0.15, 0.2) is 24.4 Å². The molecule has 2 N–H and O–H groups in total. The van der Waals surface area contributed by atoms with Crippen LogP contribution in [0.5, 0.6) is 5.75 Å². The third kappa shape index (κ3) is 2.11. The molecule has 0 saturated heterocycles. The smallest absolute Gasteiger partial charge is 0.360 e. The van der Waals surface area contributed by atoms with Gasteiger partial charge < -0.3 is 9.17 Å². The number of hydrogen-bond acceptors (Lipinski definition) is 3. The highest BCUT2D eigenvalue weighted by molar-refractivity contribution is 7.81. The Kier molecular flexibility index (Phi) is 2.17. The number of benzene rings is 1. The minimum Gasteiger partial charge on any atom is -0.360 e. The van der Waals surface area contributed by atoms with E-state index in [1.165, 1.54) is 6.20 Å². The summed E-state index contributed by atoms with van der Waals surface area (Å²) >= 11 is 0. The van der Waals surface area contributed by atoms with E-state index < -0.39 is 10.4 Å². The van der Waals surface area contributed by atoms with Crippen molar-refractivity contribution in [3.8, 4) is 5.75 Å². The quantitative estimate of drug-likeness (QED) is 0.764. The number of nitrogens with one attached hydrogen (secondary N) is 1. The number of rotatable bonds is 2. The molecular formula is C9H9NO4S. The van der Waals surface area contributed by atoms with Crippen molar-refractivity contribution in [1.82, 2.24) is 4.98 Å². The summed E-state index contributed by atoms with van der Waals surface area (Å²) < 4.78 is 34.0. The molecule has 0 atom stereocenters. The zero-order valence-electron chi connectivity index (χ0n) is 7.89. The highest BCUT2D eigenvalue weighted by Gasteiger charge is 2.11. The van der Waals surface area contributed by atoms with Crippen LogP contribution in [0.4, 0.5) is 0 Å². The Labute approximate surface area is 86.6 Å². The SMILES string of the molecule is Cc1ccc2c(OS(=O)(=O)O)c[nH]c2c1. The van der Waals surface area contributed by atoms with Gasteiger partial charge in [0, 0.05) is 17.1 Å². The van der Waals surface area contributed by atoms with E-state index in [1.807, 2.05) is 19.1 Å². The number of aromatic nitrogens is 1. The molecular weight excluding hydrogens is 218 g/mol. The topological polar surface area (TPSA) is 79.4 Å². The fourth-order valence-electron chi connectivity index (χ4n) is 1.40. The molecule has 1 heterocycles. The molecule has 0 fully saturated rings. The van der Waals surface area contributed by atoms with Gasteiger partial charge in [0.15, 0.2) is 5.75 Å². The molecule has 15 heavy (non-hydrogen) atoms. The Hall–Kier alpha value is -1.53. The van der Waals surface area contributed by atoms with Gasteiger partial charge in [-0.15, -0.1) is 0 Å². The summed E-state index contributed by atoms with van der Waals surface area (Å²) in [6, 6.07) is 5.40. The largest absolute Gasteiger partial charge is 0.446 e. The maximum Gasteiger partial charge on any atom is 0.446 e. The van der Waals surface area contributed by atoms with Crippen LogP contribution in [0.3, 0.4) is 0 Å². The van der Waals surface area contributed by atoms with Crippen molar-refractivity contribution in [3.63, 3.8) is 0 Å². The Morgan fingerprint density at radius 2 is 2.13 bits per heavy atom. The molecule has 0 aliphatic carbocycles. The lowest BCUT2D eigenvalue weighted by Gasteiger charge is -1.98. The Morgan fingerprint density at radius 1 is 1.40 bits per heavy atom. The number of hydrogen-bond donors (Lipinski definition) is 2. The van der Waals surface area contributed by atoms with Crippen LogP contribution in [0.1, 0.15) is 5.56 Å². The van der Waals surface area contributed by atoms with Crippen LogP contribution in [0, 0.1) is 6.92 Å². The van der Waals surface area contributed by atoms with Gasteiger partial charge >= 0.3 is 10.4 Å². The van der Waals surface area contributed by atoms with E-state index in [2.05, 4.69) is 9.17 Å². The first-order chi connectivity index (χ1) is 6.96. The second-order valence-corrected chi connectivity index (χ2v) is 4.24. The standard InChI is InChI=1S/C9H9NO4S/c1-6-2-3-7-8(4-6)10-5-9(7)14-15(11,12)13/h2-5,10H,1H3,(H,11,12,13). The maximum absolute atomic E-state index is 10.5. The summed E-state index contributed by atoms with van der Waals surface area (Å²) in [5, 5.41) is 0.609. The van der Waals surface area contributed by atoms with E-state index in [0.717, 1.165) is 11.1 Å². The molecule has 0 unspecified atom stereocenters.